The molecule has 0 radical (unpaired) electrons. The molecule has 2 aromatic carbocycles. The van der Waals surface area contributed by atoms with Crippen molar-refractivity contribution in [3.8, 4) is 18.1 Å². The minimum atomic E-state index is -0.476. The maximum Gasteiger partial charge on any atom is 0.339 e. The Morgan fingerprint density at radius 3 is 2.73 bits per heavy atom. The van der Waals surface area contributed by atoms with Gasteiger partial charge in [-0.05, 0) is 40.2 Å². The van der Waals surface area contributed by atoms with Crippen LogP contribution in [-0.2, 0) is 11.3 Å². The summed E-state index contributed by atoms with van der Waals surface area (Å²) >= 11 is 9.45. The first kappa shape index (κ1) is 16.4. The van der Waals surface area contributed by atoms with Crippen LogP contribution in [0.15, 0.2) is 46.9 Å². The number of ether oxygens (including phenoxy) is 2. The molecular formula is C17H12BrClO3. The highest BCUT2D eigenvalue weighted by atomic mass is 79.9. The largest absolute Gasteiger partial charge is 0.488 e. The van der Waals surface area contributed by atoms with Gasteiger partial charge in [-0.3, -0.25) is 0 Å². The van der Waals surface area contributed by atoms with Gasteiger partial charge in [0.25, 0.3) is 0 Å². The van der Waals surface area contributed by atoms with Gasteiger partial charge in [-0.25, -0.2) is 4.79 Å². The summed E-state index contributed by atoms with van der Waals surface area (Å²) in [6, 6.07) is 12.4. The van der Waals surface area contributed by atoms with Crippen molar-refractivity contribution in [2.75, 3.05) is 6.61 Å². The van der Waals surface area contributed by atoms with E-state index in [9.17, 15) is 4.79 Å². The first-order chi connectivity index (χ1) is 10.6. The van der Waals surface area contributed by atoms with Crippen LogP contribution in [0.2, 0.25) is 5.02 Å². The van der Waals surface area contributed by atoms with Crippen LogP contribution >= 0.6 is 27.5 Å². The second-order valence-corrected chi connectivity index (χ2v) is 5.57. The Kier molecular flexibility index (Phi) is 5.88. The molecule has 0 aromatic heterocycles. The Morgan fingerprint density at radius 2 is 2.05 bits per heavy atom. The van der Waals surface area contributed by atoms with Gasteiger partial charge in [-0.15, -0.1) is 6.42 Å². The third-order valence-corrected chi connectivity index (χ3v) is 3.78. The molecule has 3 nitrogen and oxygen atoms in total. The monoisotopic (exact) mass is 378 g/mol. The van der Waals surface area contributed by atoms with Crippen LogP contribution in [0.5, 0.6) is 5.75 Å². The van der Waals surface area contributed by atoms with E-state index < -0.39 is 5.97 Å². The van der Waals surface area contributed by atoms with Gasteiger partial charge in [-0.1, -0.05) is 35.7 Å². The number of esters is 1. The number of carbonyl (C=O) groups excluding carboxylic acids is 1. The minimum Gasteiger partial charge on any atom is -0.488 e. The molecule has 0 spiro atoms. The summed E-state index contributed by atoms with van der Waals surface area (Å²) in [7, 11) is 0. The highest BCUT2D eigenvalue weighted by molar-refractivity contribution is 9.10. The van der Waals surface area contributed by atoms with Crippen molar-refractivity contribution in [3.05, 3.63) is 63.1 Å². The molecule has 0 amide bonds. The van der Waals surface area contributed by atoms with Gasteiger partial charge in [0.05, 0.1) is 10.0 Å². The minimum absolute atomic E-state index is 0.0544. The van der Waals surface area contributed by atoms with Crippen molar-refractivity contribution in [1.29, 1.82) is 0 Å². The van der Waals surface area contributed by atoms with E-state index in [4.69, 9.17) is 27.5 Å². The van der Waals surface area contributed by atoms with Crippen molar-refractivity contribution >= 4 is 33.5 Å². The molecule has 0 saturated heterocycles. The normalized spacial score (nSPS) is 9.86. The molecule has 0 heterocycles. The molecule has 0 atom stereocenters. The number of halogens is 2. The van der Waals surface area contributed by atoms with E-state index in [0.29, 0.717) is 27.4 Å². The molecule has 22 heavy (non-hydrogen) atoms. The Bertz CT molecular complexity index is 722. The highest BCUT2D eigenvalue weighted by Crippen LogP contribution is 2.28. The molecule has 0 aliphatic carbocycles. The van der Waals surface area contributed by atoms with Crippen molar-refractivity contribution < 1.29 is 14.3 Å². The van der Waals surface area contributed by atoms with Crippen LogP contribution in [0.4, 0.5) is 0 Å². The van der Waals surface area contributed by atoms with Gasteiger partial charge in [0, 0.05) is 10.6 Å². The fraction of sp³-hybridized carbons (Fsp3) is 0.118. The first-order valence-electron chi connectivity index (χ1n) is 6.38. The summed E-state index contributed by atoms with van der Waals surface area (Å²) < 4.78 is 11.2. The lowest BCUT2D eigenvalue weighted by Gasteiger charge is -2.10. The van der Waals surface area contributed by atoms with E-state index in [1.807, 2.05) is 18.2 Å². The summed E-state index contributed by atoms with van der Waals surface area (Å²) in [4.78, 5) is 11.7. The average molecular weight is 380 g/mol. The smallest absolute Gasteiger partial charge is 0.339 e. The summed E-state index contributed by atoms with van der Waals surface area (Å²) in [5, 5.41) is 0.646. The molecule has 112 valence electrons. The summed E-state index contributed by atoms with van der Waals surface area (Å²) in [5.74, 6) is 2.38. The fourth-order valence-corrected chi connectivity index (χ4v) is 2.39. The summed E-state index contributed by atoms with van der Waals surface area (Å²) in [5.41, 5.74) is 1.28. The van der Waals surface area contributed by atoms with Crippen molar-refractivity contribution in [2.24, 2.45) is 0 Å². The SMILES string of the molecule is C#CCOC(=O)c1ccc(OCc2ccccc2Cl)c(Br)c1. The molecular weight excluding hydrogens is 368 g/mol. The molecule has 0 N–H and O–H groups in total. The van der Waals surface area contributed by atoms with Gasteiger partial charge in [0.1, 0.15) is 12.4 Å². The maximum atomic E-state index is 11.7. The third kappa shape index (κ3) is 4.27. The number of benzene rings is 2. The molecule has 5 heteroatoms. The van der Waals surface area contributed by atoms with Gasteiger partial charge in [0.15, 0.2) is 6.61 Å². The third-order valence-electron chi connectivity index (χ3n) is 2.80. The molecule has 0 saturated carbocycles. The second-order valence-electron chi connectivity index (χ2n) is 4.31. The average Bonchev–Trinajstić information content (AvgIpc) is 2.52. The van der Waals surface area contributed by atoms with E-state index in [-0.39, 0.29) is 6.61 Å². The number of terminal acetylenes is 1. The lowest BCUT2D eigenvalue weighted by Crippen LogP contribution is -2.05. The van der Waals surface area contributed by atoms with Gasteiger partial charge >= 0.3 is 5.97 Å². The zero-order valence-corrected chi connectivity index (χ0v) is 13.9. The zero-order chi connectivity index (χ0) is 15.9. The number of hydrogen-bond acceptors (Lipinski definition) is 3. The topological polar surface area (TPSA) is 35.5 Å². The van der Waals surface area contributed by atoms with Crippen LogP contribution in [0.1, 0.15) is 15.9 Å². The van der Waals surface area contributed by atoms with Crippen LogP contribution in [-0.4, -0.2) is 12.6 Å². The molecule has 0 fully saturated rings. The molecule has 0 bridgehead atoms. The van der Waals surface area contributed by atoms with Crippen molar-refractivity contribution in [1.82, 2.24) is 0 Å². The van der Waals surface area contributed by atoms with E-state index in [2.05, 4.69) is 21.9 Å². The lowest BCUT2D eigenvalue weighted by atomic mass is 10.2. The van der Waals surface area contributed by atoms with Crippen molar-refractivity contribution in [3.63, 3.8) is 0 Å². The zero-order valence-electron chi connectivity index (χ0n) is 11.5. The number of rotatable bonds is 5. The van der Waals surface area contributed by atoms with E-state index in [1.165, 1.54) is 0 Å². The van der Waals surface area contributed by atoms with Crippen LogP contribution in [0.25, 0.3) is 0 Å². The molecule has 0 unspecified atom stereocenters. The predicted molar refractivity (Wildman–Crippen MR) is 89.0 cm³/mol. The van der Waals surface area contributed by atoms with E-state index in [1.54, 1.807) is 24.3 Å². The second kappa shape index (κ2) is 7.88. The standard InChI is InChI=1S/C17H12BrClO3/c1-2-9-21-17(20)12-7-8-16(14(18)10-12)22-11-13-5-3-4-6-15(13)19/h1,3-8,10H,9,11H2. The van der Waals surface area contributed by atoms with Crippen LogP contribution < -0.4 is 4.74 Å². The van der Waals surface area contributed by atoms with Gasteiger partial charge in [0.2, 0.25) is 0 Å². The maximum absolute atomic E-state index is 11.7. The first-order valence-corrected chi connectivity index (χ1v) is 7.55. The summed E-state index contributed by atoms with van der Waals surface area (Å²) in [6.45, 7) is 0.278. The van der Waals surface area contributed by atoms with E-state index >= 15 is 0 Å². The quantitative estimate of drug-likeness (QED) is 0.568. The molecule has 0 aliphatic heterocycles. The number of carbonyl (C=O) groups is 1. The Balaban J connectivity index is 2.06. The lowest BCUT2D eigenvalue weighted by molar-refractivity contribution is 0.0556. The predicted octanol–water partition coefficient (Wildman–Crippen LogP) is 4.47. The highest BCUT2D eigenvalue weighted by Gasteiger charge is 2.10. The van der Waals surface area contributed by atoms with Gasteiger partial charge in [-0.2, -0.15) is 0 Å². The summed E-state index contributed by atoms with van der Waals surface area (Å²) in [6.07, 6.45) is 5.05. The van der Waals surface area contributed by atoms with E-state index in [0.717, 1.165) is 5.56 Å². The van der Waals surface area contributed by atoms with Crippen LogP contribution in [0.3, 0.4) is 0 Å². The van der Waals surface area contributed by atoms with Crippen LogP contribution in [0, 0.1) is 12.3 Å². The number of hydrogen-bond donors (Lipinski definition) is 0. The molecule has 0 aliphatic rings. The Morgan fingerprint density at radius 1 is 1.27 bits per heavy atom. The molecule has 2 rings (SSSR count). The molecule has 2 aromatic rings. The Labute approximate surface area is 142 Å². The fourth-order valence-electron chi connectivity index (χ4n) is 1.71. The van der Waals surface area contributed by atoms with Gasteiger partial charge < -0.3 is 9.47 Å². The van der Waals surface area contributed by atoms with Crippen molar-refractivity contribution in [2.45, 2.75) is 6.61 Å². The Hall–Kier alpha value is -1.96.